The molecule has 0 unspecified atom stereocenters. The highest BCUT2D eigenvalue weighted by atomic mass is 16.5. The normalized spacial score (nSPS) is 11.9. The van der Waals surface area contributed by atoms with Crippen LogP contribution in [0.15, 0.2) is 11.6 Å². The molecular weight excluding hydrogens is 194 g/mol. The number of ether oxygens (including phenoxy) is 2. The zero-order valence-electron chi connectivity index (χ0n) is 10.1. The number of esters is 1. The number of hydrogen-bond donors (Lipinski definition) is 0. The SMILES string of the molecule is CCN(CC=C(C)C(=O)OC)CCOC. The number of rotatable bonds is 7. The van der Waals surface area contributed by atoms with Gasteiger partial charge in [0.1, 0.15) is 0 Å². The molecule has 0 spiro atoms. The molecule has 88 valence electrons. The Kier molecular flexibility index (Phi) is 7.95. The van der Waals surface area contributed by atoms with Crippen LogP contribution in [0, 0.1) is 0 Å². The predicted octanol–water partition coefficient (Wildman–Crippen LogP) is 1.07. The molecule has 0 aliphatic carbocycles. The van der Waals surface area contributed by atoms with Gasteiger partial charge in [-0.2, -0.15) is 0 Å². The van der Waals surface area contributed by atoms with Crippen LogP contribution in [0.3, 0.4) is 0 Å². The van der Waals surface area contributed by atoms with Gasteiger partial charge in [-0.1, -0.05) is 13.0 Å². The van der Waals surface area contributed by atoms with Crippen molar-refractivity contribution in [1.29, 1.82) is 0 Å². The highest BCUT2D eigenvalue weighted by molar-refractivity contribution is 5.87. The van der Waals surface area contributed by atoms with E-state index in [2.05, 4.69) is 16.6 Å². The molecule has 0 saturated heterocycles. The molecule has 0 amide bonds. The third-order valence-electron chi connectivity index (χ3n) is 2.22. The van der Waals surface area contributed by atoms with Gasteiger partial charge < -0.3 is 9.47 Å². The van der Waals surface area contributed by atoms with E-state index < -0.39 is 0 Å². The summed E-state index contributed by atoms with van der Waals surface area (Å²) in [6.07, 6.45) is 1.88. The van der Waals surface area contributed by atoms with Crippen LogP contribution in [-0.4, -0.2) is 51.3 Å². The molecule has 4 nitrogen and oxygen atoms in total. The Morgan fingerprint density at radius 2 is 2.07 bits per heavy atom. The third-order valence-corrected chi connectivity index (χ3v) is 2.22. The first-order valence-electron chi connectivity index (χ1n) is 5.12. The second-order valence-corrected chi connectivity index (χ2v) is 3.26. The quantitative estimate of drug-likeness (QED) is 0.470. The fourth-order valence-corrected chi connectivity index (χ4v) is 1.11. The van der Waals surface area contributed by atoms with E-state index in [0.717, 1.165) is 19.6 Å². The minimum absolute atomic E-state index is 0.266. The van der Waals surface area contributed by atoms with E-state index in [9.17, 15) is 4.79 Å². The first kappa shape index (κ1) is 14.1. The van der Waals surface area contributed by atoms with Gasteiger partial charge in [-0.05, 0) is 13.5 Å². The lowest BCUT2D eigenvalue weighted by Gasteiger charge is -2.17. The molecular formula is C11H21NO3. The van der Waals surface area contributed by atoms with Crippen LogP contribution in [0.1, 0.15) is 13.8 Å². The largest absolute Gasteiger partial charge is 0.466 e. The Hall–Kier alpha value is -0.870. The molecule has 0 N–H and O–H groups in total. The summed E-state index contributed by atoms with van der Waals surface area (Å²) in [5.41, 5.74) is 0.647. The van der Waals surface area contributed by atoms with Gasteiger partial charge in [0.2, 0.25) is 0 Å². The summed E-state index contributed by atoms with van der Waals surface area (Å²) in [5.74, 6) is -0.266. The molecule has 0 aromatic carbocycles. The maximum Gasteiger partial charge on any atom is 0.333 e. The monoisotopic (exact) mass is 215 g/mol. The number of carbonyl (C=O) groups is 1. The molecule has 0 aromatic heterocycles. The van der Waals surface area contributed by atoms with Gasteiger partial charge in [-0.25, -0.2) is 4.79 Å². The zero-order valence-corrected chi connectivity index (χ0v) is 10.1. The molecule has 4 heteroatoms. The Morgan fingerprint density at radius 1 is 1.40 bits per heavy atom. The van der Waals surface area contributed by atoms with Gasteiger partial charge >= 0.3 is 5.97 Å². The number of methoxy groups -OCH3 is 2. The standard InChI is InChI=1S/C11H21NO3/c1-5-12(8-9-14-3)7-6-10(2)11(13)15-4/h6H,5,7-9H2,1-4H3. The van der Waals surface area contributed by atoms with Crippen LogP contribution in [0.2, 0.25) is 0 Å². The summed E-state index contributed by atoms with van der Waals surface area (Å²) in [4.78, 5) is 13.3. The van der Waals surface area contributed by atoms with E-state index in [1.807, 2.05) is 6.08 Å². The van der Waals surface area contributed by atoms with Gasteiger partial charge in [-0.15, -0.1) is 0 Å². The molecule has 0 aliphatic heterocycles. The number of carbonyl (C=O) groups excluding carboxylic acids is 1. The van der Waals surface area contributed by atoms with Crippen LogP contribution in [0.5, 0.6) is 0 Å². The molecule has 0 rings (SSSR count). The molecule has 0 heterocycles. The summed E-state index contributed by atoms with van der Waals surface area (Å²) in [6.45, 7) is 7.11. The molecule has 0 aliphatic rings. The number of nitrogens with zero attached hydrogens (tertiary/aromatic N) is 1. The fourth-order valence-electron chi connectivity index (χ4n) is 1.11. The highest BCUT2D eigenvalue weighted by Gasteiger charge is 2.04. The molecule has 0 bridgehead atoms. The maximum absolute atomic E-state index is 11.1. The van der Waals surface area contributed by atoms with Crippen molar-refractivity contribution in [2.75, 3.05) is 40.5 Å². The van der Waals surface area contributed by atoms with Crippen molar-refractivity contribution >= 4 is 5.97 Å². The Labute approximate surface area is 91.8 Å². The average molecular weight is 215 g/mol. The first-order valence-corrected chi connectivity index (χ1v) is 5.12. The summed E-state index contributed by atoms with van der Waals surface area (Å²) in [6, 6.07) is 0. The smallest absolute Gasteiger partial charge is 0.333 e. The second kappa shape index (κ2) is 8.44. The summed E-state index contributed by atoms with van der Waals surface area (Å²) in [5, 5.41) is 0. The van der Waals surface area contributed by atoms with E-state index in [4.69, 9.17) is 4.74 Å². The molecule has 0 fully saturated rings. The van der Waals surface area contributed by atoms with Crippen molar-refractivity contribution in [2.45, 2.75) is 13.8 Å². The van der Waals surface area contributed by atoms with Crippen LogP contribution < -0.4 is 0 Å². The first-order chi connectivity index (χ1) is 7.15. The topological polar surface area (TPSA) is 38.8 Å². The third kappa shape index (κ3) is 6.25. The lowest BCUT2D eigenvalue weighted by Crippen LogP contribution is -2.27. The van der Waals surface area contributed by atoms with Crippen molar-refractivity contribution in [1.82, 2.24) is 4.90 Å². The summed E-state index contributed by atoms with van der Waals surface area (Å²) >= 11 is 0. The van der Waals surface area contributed by atoms with Crippen molar-refractivity contribution in [3.63, 3.8) is 0 Å². The minimum atomic E-state index is -0.266. The lowest BCUT2D eigenvalue weighted by molar-refractivity contribution is -0.136. The maximum atomic E-state index is 11.1. The molecule has 15 heavy (non-hydrogen) atoms. The van der Waals surface area contributed by atoms with E-state index >= 15 is 0 Å². The van der Waals surface area contributed by atoms with Crippen LogP contribution in [0.25, 0.3) is 0 Å². The highest BCUT2D eigenvalue weighted by Crippen LogP contribution is 1.97. The molecule has 0 atom stereocenters. The van der Waals surface area contributed by atoms with E-state index in [1.54, 1.807) is 14.0 Å². The summed E-state index contributed by atoms with van der Waals surface area (Å²) in [7, 11) is 3.07. The summed E-state index contributed by atoms with van der Waals surface area (Å²) < 4.78 is 9.60. The minimum Gasteiger partial charge on any atom is -0.466 e. The van der Waals surface area contributed by atoms with Crippen molar-refractivity contribution in [3.05, 3.63) is 11.6 Å². The molecule has 0 saturated carbocycles. The van der Waals surface area contributed by atoms with Gasteiger partial charge in [-0.3, -0.25) is 4.90 Å². The fraction of sp³-hybridized carbons (Fsp3) is 0.727. The Balaban J connectivity index is 4.02. The molecule has 0 radical (unpaired) electrons. The van der Waals surface area contributed by atoms with Crippen LogP contribution >= 0.6 is 0 Å². The molecule has 0 aromatic rings. The number of hydrogen-bond acceptors (Lipinski definition) is 4. The van der Waals surface area contributed by atoms with E-state index in [1.165, 1.54) is 7.11 Å². The number of likely N-dealkylation sites (N-methyl/N-ethyl adjacent to an activating group) is 1. The van der Waals surface area contributed by atoms with Gasteiger partial charge in [0.05, 0.1) is 13.7 Å². The van der Waals surface area contributed by atoms with E-state index in [0.29, 0.717) is 12.2 Å². The Morgan fingerprint density at radius 3 is 2.53 bits per heavy atom. The average Bonchev–Trinajstić information content (AvgIpc) is 2.27. The van der Waals surface area contributed by atoms with Gasteiger partial charge in [0.15, 0.2) is 0 Å². The van der Waals surface area contributed by atoms with Crippen LogP contribution in [0.4, 0.5) is 0 Å². The van der Waals surface area contributed by atoms with Crippen molar-refractivity contribution in [2.24, 2.45) is 0 Å². The van der Waals surface area contributed by atoms with Crippen molar-refractivity contribution in [3.8, 4) is 0 Å². The van der Waals surface area contributed by atoms with Gasteiger partial charge in [0.25, 0.3) is 0 Å². The Bertz CT molecular complexity index is 214. The van der Waals surface area contributed by atoms with E-state index in [-0.39, 0.29) is 5.97 Å². The van der Waals surface area contributed by atoms with Crippen LogP contribution in [-0.2, 0) is 14.3 Å². The van der Waals surface area contributed by atoms with Gasteiger partial charge in [0, 0.05) is 25.8 Å². The van der Waals surface area contributed by atoms with Crippen molar-refractivity contribution < 1.29 is 14.3 Å². The second-order valence-electron chi connectivity index (χ2n) is 3.26. The zero-order chi connectivity index (χ0) is 11.7. The lowest BCUT2D eigenvalue weighted by atomic mass is 10.3. The predicted molar refractivity (Wildman–Crippen MR) is 59.8 cm³/mol.